The first kappa shape index (κ1) is 12.7. The molecule has 3 aromatic rings. The summed E-state index contributed by atoms with van der Waals surface area (Å²) in [4.78, 5) is 7.95. The highest BCUT2D eigenvalue weighted by atomic mass is 16.5. The first-order valence-corrected chi connectivity index (χ1v) is 6.59. The lowest BCUT2D eigenvalue weighted by atomic mass is 10.1. The second-order valence-electron chi connectivity index (χ2n) is 4.73. The number of aromatic amines is 1. The number of fused-ring (bicyclic) bond motifs is 1. The van der Waals surface area contributed by atoms with Crippen molar-refractivity contribution in [1.29, 1.82) is 0 Å². The van der Waals surface area contributed by atoms with Crippen LogP contribution in [0.5, 0.6) is 5.75 Å². The number of hydrogen-bond acceptors (Lipinski definition) is 3. The van der Waals surface area contributed by atoms with E-state index in [2.05, 4.69) is 16.0 Å². The van der Waals surface area contributed by atoms with Gasteiger partial charge in [-0.25, -0.2) is 4.98 Å². The fourth-order valence-electron chi connectivity index (χ4n) is 2.35. The van der Waals surface area contributed by atoms with Crippen molar-refractivity contribution in [3.8, 4) is 5.75 Å². The zero-order valence-corrected chi connectivity index (χ0v) is 11.4. The van der Waals surface area contributed by atoms with Gasteiger partial charge >= 0.3 is 0 Å². The summed E-state index contributed by atoms with van der Waals surface area (Å²) in [7, 11) is 1.69. The van der Waals surface area contributed by atoms with Crippen LogP contribution in [0.15, 0.2) is 42.5 Å². The molecule has 0 aliphatic rings. The summed E-state index contributed by atoms with van der Waals surface area (Å²) in [6, 6.07) is 14.0. The third-order valence-electron chi connectivity index (χ3n) is 3.38. The van der Waals surface area contributed by atoms with Gasteiger partial charge in [-0.3, -0.25) is 0 Å². The summed E-state index contributed by atoms with van der Waals surface area (Å²) in [6.07, 6.45) is 0.719. The average Bonchev–Trinajstić information content (AvgIpc) is 2.89. The standard InChI is InChI=1S/C16H17N3O/c1-20-15-5-3-2-4-12(15)9-16-18-13-7-6-11(10-17)8-14(13)19-16/h2-8H,9-10,17H2,1H3,(H,18,19). The maximum atomic E-state index is 5.66. The molecule has 0 amide bonds. The molecule has 1 aromatic heterocycles. The summed E-state index contributed by atoms with van der Waals surface area (Å²) in [5.41, 5.74) is 9.87. The van der Waals surface area contributed by atoms with Crippen molar-refractivity contribution in [2.75, 3.05) is 7.11 Å². The third kappa shape index (κ3) is 2.38. The van der Waals surface area contributed by atoms with Crippen molar-refractivity contribution in [2.45, 2.75) is 13.0 Å². The number of nitrogens with zero attached hydrogens (tertiary/aromatic N) is 1. The van der Waals surface area contributed by atoms with Crippen LogP contribution in [0.2, 0.25) is 0 Å². The van der Waals surface area contributed by atoms with Crippen molar-refractivity contribution >= 4 is 11.0 Å². The molecular formula is C16H17N3O. The molecule has 0 atom stereocenters. The molecule has 0 aliphatic carbocycles. The minimum Gasteiger partial charge on any atom is -0.496 e. The van der Waals surface area contributed by atoms with Crippen molar-refractivity contribution in [1.82, 2.24) is 9.97 Å². The molecule has 3 N–H and O–H groups in total. The number of nitrogens with one attached hydrogen (secondary N) is 1. The van der Waals surface area contributed by atoms with Gasteiger partial charge in [0.25, 0.3) is 0 Å². The normalized spacial score (nSPS) is 10.9. The minimum absolute atomic E-state index is 0.538. The largest absolute Gasteiger partial charge is 0.496 e. The summed E-state index contributed by atoms with van der Waals surface area (Å²) in [5.74, 6) is 1.81. The molecule has 0 saturated carbocycles. The Bertz CT molecular complexity index is 733. The van der Waals surface area contributed by atoms with Gasteiger partial charge in [0, 0.05) is 18.5 Å². The van der Waals surface area contributed by atoms with Crippen LogP contribution in [0, 0.1) is 0 Å². The Labute approximate surface area is 117 Å². The maximum absolute atomic E-state index is 5.66. The third-order valence-corrected chi connectivity index (χ3v) is 3.38. The number of para-hydroxylation sites is 1. The van der Waals surface area contributed by atoms with E-state index in [0.717, 1.165) is 40.2 Å². The lowest BCUT2D eigenvalue weighted by Crippen LogP contribution is -1.95. The molecule has 0 bridgehead atoms. The van der Waals surface area contributed by atoms with Crippen molar-refractivity contribution < 1.29 is 4.74 Å². The minimum atomic E-state index is 0.538. The van der Waals surface area contributed by atoms with Crippen LogP contribution in [0.25, 0.3) is 11.0 Å². The summed E-state index contributed by atoms with van der Waals surface area (Å²) < 4.78 is 5.37. The topological polar surface area (TPSA) is 63.9 Å². The van der Waals surface area contributed by atoms with E-state index in [1.807, 2.05) is 36.4 Å². The summed E-state index contributed by atoms with van der Waals surface area (Å²) in [5, 5.41) is 0. The molecule has 3 rings (SSSR count). The van der Waals surface area contributed by atoms with E-state index in [9.17, 15) is 0 Å². The molecule has 0 radical (unpaired) electrons. The Morgan fingerprint density at radius 1 is 1.20 bits per heavy atom. The Kier molecular flexibility index (Phi) is 3.39. The lowest BCUT2D eigenvalue weighted by molar-refractivity contribution is 0.410. The number of benzene rings is 2. The number of nitrogens with two attached hydrogens (primary N) is 1. The van der Waals surface area contributed by atoms with E-state index in [0.29, 0.717) is 6.54 Å². The van der Waals surface area contributed by atoms with Gasteiger partial charge < -0.3 is 15.5 Å². The van der Waals surface area contributed by atoms with Crippen LogP contribution < -0.4 is 10.5 Å². The fourth-order valence-corrected chi connectivity index (χ4v) is 2.35. The second-order valence-corrected chi connectivity index (χ2v) is 4.73. The Balaban J connectivity index is 1.94. The number of imidazole rings is 1. The van der Waals surface area contributed by atoms with Crippen LogP contribution >= 0.6 is 0 Å². The number of aromatic nitrogens is 2. The number of methoxy groups -OCH3 is 1. The lowest BCUT2D eigenvalue weighted by Gasteiger charge is -2.05. The molecule has 0 spiro atoms. The van der Waals surface area contributed by atoms with Gasteiger partial charge in [0.1, 0.15) is 11.6 Å². The van der Waals surface area contributed by atoms with Gasteiger partial charge in [0.15, 0.2) is 0 Å². The Hall–Kier alpha value is -2.33. The zero-order valence-electron chi connectivity index (χ0n) is 11.4. The van der Waals surface area contributed by atoms with E-state index in [4.69, 9.17) is 10.5 Å². The quantitative estimate of drug-likeness (QED) is 0.763. The molecule has 4 nitrogen and oxygen atoms in total. The summed E-state index contributed by atoms with van der Waals surface area (Å²) >= 11 is 0. The smallest absolute Gasteiger partial charge is 0.122 e. The first-order chi connectivity index (χ1) is 9.80. The predicted molar refractivity (Wildman–Crippen MR) is 79.8 cm³/mol. The predicted octanol–water partition coefficient (Wildman–Crippen LogP) is 2.62. The second kappa shape index (κ2) is 5.35. The van der Waals surface area contributed by atoms with E-state index < -0.39 is 0 Å². The van der Waals surface area contributed by atoms with Gasteiger partial charge in [-0.15, -0.1) is 0 Å². The van der Waals surface area contributed by atoms with E-state index in [-0.39, 0.29) is 0 Å². The summed E-state index contributed by atoms with van der Waals surface area (Å²) in [6.45, 7) is 0.538. The van der Waals surface area contributed by atoms with Crippen LogP contribution in [0.4, 0.5) is 0 Å². The van der Waals surface area contributed by atoms with Crippen molar-refractivity contribution in [3.63, 3.8) is 0 Å². The molecule has 0 fully saturated rings. The Morgan fingerprint density at radius 3 is 2.85 bits per heavy atom. The fraction of sp³-hybridized carbons (Fsp3) is 0.188. The maximum Gasteiger partial charge on any atom is 0.122 e. The highest BCUT2D eigenvalue weighted by Crippen LogP contribution is 2.21. The molecule has 1 heterocycles. The number of rotatable bonds is 4. The van der Waals surface area contributed by atoms with E-state index >= 15 is 0 Å². The van der Waals surface area contributed by atoms with Crippen LogP contribution in [-0.4, -0.2) is 17.1 Å². The van der Waals surface area contributed by atoms with Crippen molar-refractivity contribution in [2.24, 2.45) is 5.73 Å². The molecule has 0 saturated heterocycles. The molecule has 0 aliphatic heterocycles. The van der Waals surface area contributed by atoms with Crippen LogP contribution in [0.1, 0.15) is 17.0 Å². The molecule has 0 unspecified atom stereocenters. The number of ether oxygens (including phenoxy) is 1. The van der Waals surface area contributed by atoms with Gasteiger partial charge in [-0.05, 0) is 23.8 Å². The van der Waals surface area contributed by atoms with Gasteiger partial charge in [-0.2, -0.15) is 0 Å². The SMILES string of the molecule is COc1ccccc1Cc1nc2ccc(CN)cc2[nH]1. The van der Waals surface area contributed by atoms with Gasteiger partial charge in [-0.1, -0.05) is 24.3 Å². The average molecular weight is 267 g/mol. The number of H-pyrrole nitrogens is 1. The van der Waals surface area contributed by atoms with E-state index in [1.54, 1.807) is 7.11 Å². The zero-order chi connectivity index (χ0) is 13.9. The highest BCUT2D eigenvalue weighted by Gasteiger charge is 2.07. The molecule has 2 aromatic carbocycles. The first-order valence-electron chi connectivity index (χ1n) is 6.59. The van der Waals surface area contributed by atoms with Crippen LogP contribution in [0.3, 0.4) is 0 Å². The molecular weight excluding hydrogens is 250 g/mol. The molecule has 4 heteroatoms. The number of hydrogen-bond donors (Lipinski definition) is 2. The van der Waals surface area contributed by atoms with E-state index in [1.165, 1.54) is 0 Å². The highest BCUT2D eigenvalue weighted by molar-refractivity contribution is 5.76. The molecule has 20 heavy (non-hydrogen) atoms. The molecule has 102 valence electrons. The van der Waals surface area contributed by atoms with Gasteiger partial charge in [0.2, 0.25) is 0 Å². The van der Waals surface area contributed by atoms with Gasteiger partial charge in [0.05, 0.1) is 18.1 Å². The monoisotopic (exact) mass is 267 g/mol. The Morgan fingerprint density at radius 2 is 2.05 bits per heavy atom. The van der Waals surface area contributed by atoms with Crippen molar-refractivity contribution in [3.05, 3.63) is 59.4 Å². The van der Waals surface area contributed by atoms with Crippen LogP contribution in [-0.2, 0) is 13.0 Å².